The maximum absolute atomic E-state index is 12.7. The van der Waals surface area contributed by atoms with Crippen LogP contribution in [0.15, 0.2) is 24.5 Å². The minimum Gasteiger partial charge on any atom is -0.338 e. The smallest absolute Gasteiger partial charge is 0.338 e. The van der Waals surface area contributed by atoms with Crippen molar-refractivity contribution in [2.75, 3.05) is 13.1 Å². The van der Waals surface area contributed by atoms with E-state index in [0.29, 0.717) is 12.4 Å². The van der Waals surface area contributed by atoms with E-state index in [-0.39, 0.29) is 5.92 Å². The van der Waals surface area contributed by atoms with Gasteiger partial charge in [-0.1, -0.05) is 6.07 Å². The summed E-state index contributed by atoms with van der Waals surface area (Å²) in [5.41, 5.74) is 1.38. The number of likely N-dealkylation sites (tertiary alicyclic amines) is 1. The van der Waals surface area contributed by atoms with Crippen LogP contribution in [-0.2, 0) is 12.7 Å². The molecule has 1 fully saturated rings. The zero-order valence-corrected chi connectivity index (χ0v) is 12.9. The van der Waals surface area contributed by atoms with Crippen LogP contribution in [0.2, 0.25) is 0 Å². The van der Waals surface area contributed by atoms with E-state index in [0.717, 1.165) is 43.4 Å². The number of nitrogens with zero attached hydrogens (tertiary/aromatic N) is 3. The molecule has 7 heteroatoms. The Kier molecular flexibility index (Phi) is 4.39. The maximum Gasteiger partial charge on any atom is 0.432 e. The number of pyridine rings is 1. The van der Waals surface area contributed by atoms with Crippen LogP contribution in [-0.4, -0.2) is 32.9 Å². The molecule has 0 saturated carbocycles. The summed E-state index contributed by atoms with van der Waals surface area (Å²) in [5.74, 6) is 0.434. The Labute approximate surface area is 132 Å². The highest BCUT2D eigenvalue weighted by atomic mass is 19.4. The van der Waals surface area contributed by atoms with Gasteiger partial charge < -0.3 is 4.98 Å². The standard InChI is InChI=1S/C16H19F3N4/c1-11-4-2-6-20-13(11)10-23-7-3-5-12(9-23)15-21-8-14(22-15)16(17,18)19/h2,4,6,8,12H,3,5,7,9-10H2,1H3,(H,21,22). The first kappa shape index (κ1) is 16.0. The second kappa shape index (κ2) is 6.31. The molecule has 1 saturated heterocycles. The summed E-state index contributed by atoms with van der Waals surface area (Å²) < 4.78 is 38.1. The van der Waals surface area contributed by atoms with Gasteiger partial charge in [-0.25, -0.2) is 4.98 Å². The van der Waals surface area contributed by atoms with Gasteiger partial charge in [-0.2, -0.15) is 13.2 Å². The first-order valence-electron chi connectivity index (χ1n) is 7.68. The fraction of sp³-hybridized carbons (Fsp3) is 0.500. The molecule has 2 aromatic rings. The summed E-state index contributed by atoms with van der Waals surface area (Å²) in [6, 6.07) is 3.92. The fourth-order valence-corrected chi connectivity index (χ4v) is 3.01. The summed E-state index contributed by atoms with van der Waals surface area (Å²) in [4.78, 5) is 13.0. The highest BCUT2D eigenvalue weighted by Gasteiger charge is 2.34. The molecule has 4 nitrogen and oxygen atoms in total. The Bertz CT molecular complexity index is 665. The van der Waals surface area contributed by atoms with Crippen molar-refractivity contribution in [2.24, 2.45) is 0 Å². The number of aromatic amines is 1. The quantitative estimate of drug-likeness (QED) is 0.940. The van der Waals surface area contributed by atoms with Gasteiger partial charge in [-0.3, -0.25) is 9.88 Å². The van der Waals surface area contributed by atoms with Gasteiger partial charge >= 0.3 is 6.18 Å². The predicted octanol–water partition coefficient (Wildman–Crippen LogP) is 3.51. The van der Waals surface area contributed by atoms with Gasteiger partial charge in [-0.05, 0) is 37.9 Å². The number of H-pyrrole nitrogens is 1. The lowest BCUT2D eigenvalue weighted by Crippen LogP contribution is -2.34. The Morgan fingerprint density at radius 1 is 1.35 bits per heavy atom. The largest absolute Gasteiger partial charge is 0.432 e. The molecular formula is C16H19F3N4. The van der Waals surface area contributed by atoms with E-state index >= 15 is 0 Å². The van der Waals surface area contributed by atoms with Crippen LogP contribution in [0.25, 0.3) is 0 Å². The minimum atomic E-state index is -4.37. The zero-order valence-electron chi connectivity index (χ0n) is 12.9. The van der Waals surface area contributed by atoms with Crippen LogP contribution in [0.5, 0.6) is 0 Å². The molecule has 1 unspecified atom stereocenters. The van der Waals surface area contributed by atoms with Crippen molar-refractivity contribution >= 4 is 0 Å². The number of hydrogen-bond acceptors (Lipinski definition) is 3. The summed E-state index contributed by atoms with van der Waals surface area (Å²) in [7, 11) is 0. The van der Waals surface area contributed by atoms with Crippen molar-refractivity contribution in [2.45, 2.75) is 38.4 Å². The van der Waals surface area contributed by atoms with Crippen LogP contribution >= 0.6 is 0 Å². The lowest BCUT2D eigenvalue weighted by Gasteiger charge is -2.31. The van der Waals surface area contributed by atoms with Crippen LogP contribution in [0.3, 0.4) is 0 Å². The van der Waals surface area contributed by atoms with Crippen LogP contribution in [0.1, 0.15) is 41.5 Å². The highest BCUT2D eigenvalue weighted by Crippen LogP contribution is 2.31. The Morgan fingerprint density at radius 2 is 2.17 bits per heavy atom. The summed E-state index contributed by atoms with van der Waals surface area (Å²) in [6.07, 6.45) is 0.0782. The fourth-order valence-electron chi connectivity index (χ4n) is 3.01. The minimum absolute atomic E-state index is 0.00358. The number of halogens is 3. The van der Waals surface area contributed by atoms with E-state index in [1.165, 1.54) is 0 Å². The number of rotatable bonds is 3. The number of imidazole rings is 1. The van der Waals surface area contributed by atoms with Crippen molar-refractivity contribution in [1.82, 2.24) is 19.9 Å². The third kappa shape index (κ3) is 3.72. The molecule has 1 atom stereocenters. The molecule has 0 spiro atoms. The number of aromatic nitrogens is 3. The number of alkyl halides is 3. The Hall–Kier alpha value is -1.89. The molecule has 0 amide bonds. The molecule has 3 rings (SSSR count). The van der Waals surface area contributed by atoms with E-state index < -0.39 is 11.9 Å². The molecule has 0 bridgehead atoms. The Balaban J connectivity index is 1.69. The molecule has 2 aromatic heterocycles. The van der Waals surface area contributed by atoms with Crippen molar-refractivity contribution in [1.29, 1.82) is 0 Å². The lowest BCUT2D eigenvalue weighted by molar-refractivity contribution is -0.141. The topological polar surface area (TPSA) is 44.8 Å². The molecule has 3 heterocycles. The third-order valence-electron chi connectivity index (χ3n) is 4.28. The van der Waals surface area contributed by atoms with Crippen LogP contribution < -0.4 is 0 Å². The Morgan fingerprint density at radius 3 is 2.87 bits per heavy atom. The molecule has 23 heavy (non-hydrogen) atoms. The highest BCUT2D eigenvalue weighted by molar-refractivity contribution is 5.18. The van der Waals surface area contributed by atoms with Gasteiger partial charge in [0.1, 0.15) is 11.5 Å². The van der Waals surface area contributed by atoms with Gasteiger partial charge in [0.25, 0.3) is 0 Å². The van der Waals surface area contributed by atoms with Gasteiger partial charge in [-0.15, -0.1) is 0 Å². The normalized spacial score (nSPS) is 19.9. The van der Waals surface area contributed by atoms with Crippen molar-refractivity contribution < 1.29 is 13.2 Å². The number of nitrogens with one attached hydrogen (secondary N) is 1. The zero-order chi connectivity index (χ0) is 16.4. The predicted molar refractivity (Wildman–Crippen MR) is 79.8 cm³/mol. The monoisotopic (exact) mass is 324 g/mol. The average Bonchev–Trinajstić information content (AvgIpc) is 3.00. The van der Waals surface area contributed by atoms with Crippen LogP contribution in [0.4, 0.5) is 13.2 Å². The number of hydrogen-bond donors (Lipinski definition) is 1. The molecule has 124 valence electrons. The van der Waals surface area contributed by atoms with E-state index in [1.807, 2.05) is 19.1 Å². The average molecular weight is 324 g/mol. The molecule has 1 aliphatic rings. The van der Waals surface area contributed by atoms with Gasteiger partial charge in [0.05, 0.1) is 11.9 Å². The van der Waals surface area contributed by atoms with Gasteiger partial charge in [0.2, 0.25) is 0 Å². The van der Waals surface area contributed by atoms with E-state index in [2.05, 4.69) is 19.9 Å². The molecule has 0 aliphatic carbocycles. The second-order valence-corrected chi connectivity index (χ2v) is 6.02. The van der Waals surface area contributed by atoms with Crippen LogP contribution in [0, 0.1) is 6.92 Å². The van der Waals surface area contributed by atoms with E-state index in [1.54, 1.807) is 6.20 Å². The van der Waals surface area contributed by atoms with Gasteiger partial charge in [0, 0.05) is 25.2 Å². The second-order valence-electron chi connectivity index (χ2n) is 6.02. The summed E-state index contributed by atoms with van der Waals surface area (Å²) >= 11 is 0. The molecule has 0 radical (unpaired) electrons. The van der Waals surface area contributed by atoms with E-state index in [9.17, 15) is 13.2 Å². The summed E-state index contributed by atoms with van der Waals surface area (Å²) in [5, 5.41) is 0. The lowest BCUT2D eigenvalue weighted by atomic mass is 9.97. The summed E-state index contributed by atoms with van der Waals surface area (Å²) in [6.45, 7) is 4.36. The molecule has 1 N–H and O–H groups in total. The molecule has 0 aromatic carbocycles. The van der Waals surface area contributed by atoms with Crippen molar-refractivity contribution in [3.05, 3.63) is 47.3 Å². The SMILES string of the molecule is Cc1cccnc1CN1CCCC(c2ncc(C(F)(F)F)[nH]2)C1. The maximum atomic E-state index is 12.7. The van der Waals surface area contributed by atoms with Crippen molar-refractivity contribution in [3.8, 4) is 0 Å². The first-order chi connectivity index (χ1) is 10.9. The third-order valence-corrected chi connectivity index (χ3v) is 4.28. The van der Waals surface area contributed by atoms with E-state index in [4.69, 9.17) is 0 Å². The number of aryl methyl sites for hydroxylation is 1. The van der Waals surface area contributed by atoms with Crippen molar-refractivity contribution in [3.63, 3.8) is 0 Å². The van der Waals surface area contributed by atoms with Gasteiger partial charge in [0.15, 0.2) is 0 Å². The molecule has 1 aliphatic heterocycles. The number of piperidine rings is 1. The first-order valence-corrected chi connectivity index (χ1v) is 7.68. The molecular weight excluding hydrogens is 305 g/mol.